The van der Waals surface area contributed by atoms with Crippen molar-refractivity contribution in [2.45, 2.75) is 24.9 Å². The first kappa shape index (κ1) is 22.6. The third kappa shape index (κ3) is 5.67. The number of nitrogens with one attached hydrogen (secondary N) is 1. The molecule has 29 heavy (non-hydrogen) atoms. The number of pyridine rings is 1. The molecule has 2 rings (SSSR count). The molecule has 0 fully saturated rings. The van der Waals surface area contributed by atoms with Crippen molar-refractivity contribution in [2.75, 3.05) is 26.0 Å². The minimum atomic E-state index is -4.50. The highest BCUT2D eigenvalue weighted by Gasteiger charge is 2.28. The van der Waals surface area contributed by atoms with Gasteiger partial charge in [-0.1, -0.05) is 0 Å². The molecule has 2 aromatic rings. The molecule has 7 nitrogen and oxygen atoms in total. The summed E-state index contributed by atoms with van der Waals surface area (Å²) in [5, 5.41) is 2.61. The summed E-state index contributed by atoms with van der Waals surface area (Å²) in [5.41, 5.74) is 1.71. The Bertz CT molecular complexity index is 1000. The lowest BCUT2D eigenvalue weighted by molar-refractivity contribution is -0.154. The van der Waals surface area contributed by atoms with Gasteiger partial charge in [0.1, 0.15) is 0 Å². The van der Waals surface area contributed by atoms with Gasteiger partial charge in [0.05, 0.1) is 10.5 Å². The molecule has 0 spiro atoms. The Hall–Kier alpha value is -2.66. The van der Waals surface area contributed by atoms with Crippen LogP contribution in [0, 0.1) is 13.8 Å². The first-order valence-corrected chi connectivity index (χ1v) is 9.76. The maximum absolute atomic E-state index is 12.5. The zero-order chi connectivity index (χ0) is 22.0. The number of halogens is 3. The molecule has 0 saturated heterocycles. The van der Waals surface area contributed by atoms with Crippen molar-refractivity contribution in [3.05, 3.63) is 47.2 Å². The number of nitrogens with zero attached hydrogens (tertiary/aromatic N) is 2. The first-order chi connectivity index (χ1) is 13.3. The molecule has 0 aliphatic heterocycles. The van der Waals surface area contributed by atoms with Crippen LogP contribution in [0.5, 0.6) is 5.88 Å². The average Bonchev–Trinajstić information content (AvgIpc) is 2.63. The molecule has 1 heterocycles. The van der Waals surface area contributed by atoms with E-state index in [2.05, 4.69) is 15.0 Å². The Morgan fingerprint density at radius 3 is 2.38 bits per heavy atom. The Kier molecular flexibility index (Phi) is 6.53. The van der Waals surface area contributed by atoms with Gasteiger partial charge in [0.15, 0.2) is 6.61 Å². The minimum absolute atomic E-state index is 0.0231. The second kappa shape index (κ2) is 8.37. The van der Waals surface area contributed by atoms with Crippen LogP contribution in [0.1, 0.15) is 21.5 Å². The predicted molar refractivity (Wildman–Crippen MR) is 101 cm³/mol. The molecule has 0 bridgehead atoms. The molecule has 158 valence electrons. The smallest absolute Gasteiger partial charge is 0.422 e. The van der Waals surface area contributed by atoms with E-state index in [1.807, 2.05) is 0 Å². The molecular formula is C18H20F3N3O4S. The highest BCUT2D eigenvalue weighted by molar-refractivity contribution is 7.89. The molecular weight excluding hydrogens is 411 g/mol. The van der Waals surface area contributed by atoms with Crippen LogP contribution in [0.3, 0.4) is 0 Å². The summed E-state index contributed by atoms with van der Waals surface area (Å²) in [6.45, 7) is 1.95. The molecule has 0 aliphatic rings. The largest absolute Gasteiger partial charge is 0.468 e. The van der Waals surface area contributed by atoms with Crippen molar-refractivity contribution >= 4 is 21.6 Å². The second-order valence-electron chi connectivity index (χ2n) is 6.44. The number of ether oxygens (including phenoxy) is 1. The van der Waals surface area contributed by atoms with Crippen LogP contribution in [-0.4, -0.2) is 50.5 Å². The summed E-state index contributed by atoms with van der Waals surface area (Å²) in [6, 6.07) is 5.26. The van der Waals surface area contributed by atoms with Crippen molar-refractivity contribution < 1.29 is 31.1 Å². The van der Waals surface area contributed by atoms with Gasteiger partial charge in [-0.3, -0.25) is 4.79 Å². The zero-order valence-corrected chi connectivity index (χ0v) is 17.0. The Morgan fingerprint density at radius 2 is 1.86 bits per heavy atom. The third-order valence-corrected chi connectivity index (χ3v) is 5.84. The van der Waals surface area contributed by atoms with E-state index < -0.39 is 28.7 Å². The van der Waals surface area contributed by atoms with Crippen molar-refractivity contribution in [2.24, 2.45) is 0 Å². The van der Waals surface area contributed by atoms with Crippen LogP contribution in [0.2, 0.25) is 0 Å². The SMILES string of the molecule is Cc1cc(S(=O)(=O)N(C)C)cc(NC(=O)c2ccc(OCC(F)(F)F)nc2)c1C. The number of rotatable bonds is 6. The van der Waals surface area contributed by atoms with Crippen LogP contribution in [0.4, 0.5) is 18.9 Å². The van der Waals surface area contributed by atoms with E-state index in [1.165, 1.54) is 32.3 Å². The van der Waals surface area contributed by atoms with Crippen molar-refractivity contribution in [1.82, 2.24) is 9.29 Å². The Balaban J connectivity index is 2.23. The lowest BCUT2D eigenvalue weighted by Gasteiger charge is -2.16. The molecule has 0 aliphatic carbocycles. The number of alkyl halides is 3. The van der Waals surface area contributed by atoms with Gasteiger partial charge >= 0.3 is 6.18 Å². The van der Waals surface area contributed by atoms with Gasteiger partial charge in [-0.05, 0) is 43.2 Å². The van der Waals surface area contributed by atoms with Crippen LogP contribution in [0.25, 0.3) is 0 Å². The molecule has 1 aromatic heterocycles. The number of aryl methyl sites for hydroxylation is 1. The number of amides is 1. The Labute approximate surface area is 166 Å². The number of benzene rings is 1. The van der Waals surface area contributed by atoms with Crippen LogP contribution in [0.15, 0.2) is 35.4 Å². The lowest BCUT2D eigenvalue weighted by atomic mass is 10.1. The topological polar surface area (TPSA) is 88.6 Å². The molecule has 0 radical (unpaired) electrons. The highest BCUT2D eigenvalue weighted by atomic mass is 32.2. The van der Waals surface area contributed by atoms with Crippen molar-refractivity contribution in [3.8, 4) is 5.88 Å². The van der Waals surface area contributed by atoms with Gasteiger partial charge in [-0.2, -0.15) is 13.2 Å². The standard InChI is InChI=1S/C18H20F3N3O4S/c1-11-7-14(29(26,27)24(3)4)8-15(12(11)2)23-17(25)13-5-6-16(22-9-13)28-10-18(19,20)21/h5-9H,10H2,1-4H3,(H,23,25). The molecule has 11 heteroatoms. The van der Waals surface area contributed by atoms with E-state index >= 15 is 0 Å². The minimum Gasteiger partial charge on any atom is -0.468 e. The summed E-state index contributed by atoms with van der Waals surface area (Å²) in [4.78, 5) is 16.2. The predicted octanol–water partition coefficient (Wildman–Crippen LogP) is 3.14. The molecule has 1 aromatic carbocycles. The van der Waals surface area contributed by atoms with Crippen LogP contribution < -0.4 is 10.1 Å². The fourth-order valence-corrected chi connectivity index (χ4v) is 3.28. The zero-order valence-electron chi connectivity index (χ0n) is 16.2. The fraction of sp³-hybridized carbons (Fsp3) is 0.333. The molecule has 1 N–H and O–H groups in total. The summed E-state index contributed by atoms with van der Waals surface area (Å²) >= 11 is 0. The summed E-state index contributed by atoms with van der Waals surface area (Å²) in [7, 11) is -0.903. The normalized spacial score (nSPS) is 12.1. The van der Waals surface area contributed by atoms with Gasteiger partial charge in [0, 0.05) is 32.0 Å². The van der Waals surface area contributed by atoms with Gasteiger partial charge < -0.3 is 10.1 Å². The number of hydrogen-bond acceptors (Lipinski definition) is 5. The number of anilines is 1. The summed E-state index contributed by atoms with van der Waals surface area (Å²) in [5.74, 6) is -0.869. The van der Waals surface area contributed by atoms with E-state index in [4.69, 9.17) is 0 Å². The van der Waals surface area contributed by atoms with E-state index in [0.717, 1.165) is 16.6 Å². The van der Waals surface area contributed by atoms with Crippen LogP contribution in [-0.2, 0) is 10.0 Å². The lowest BCUT2D eigenvalue weighted by Crippen LogP contribution is -2.23. The maximum atomic E-state index is 12.5. The monoisotopic (exact) mass is 431 g/mol. The maximum Gasteiger partial charge on any atom is 0.422 e. The molecule has 0 unspecified atom stereocenters. The fourth-order valence-electron chi connectivity index (χ4n) is 2.27. The van der Waals surface area contributed by atoms with Crippen molar-refractivity contribution in [1.29, 1.82) is 0 Å². The first-order valence-electron chi connectivity index (χ1n) is 8.32. The highest BCUT2D eigenvalue weighted by Crippen LogP contribution is 2.26. The van der Waals surface area contributed by atoms with E-state index in [1.54, 1.807) is 13.8 Å². The van der Waals surface area contributed by atoms with E-state index in [0.29, 0.717) is 16.8 Å². The number of aromatic nitrogens is 1. The quantitative estimate of drug-likeness (QED) is 0.759. The molecule has 0 saturated carbocycles. The molecule has 1 amide bonds. The van der Waals surface area contributed by atoms with Crippen molar-refractivity contribution in [3.63, 3.8) is 0 Å². The van der Waals surface area contributed by atoms with Gasteiger partial charge in [-0.15, -0.1) is 0 Å². The third-order valence-electron chi connectivity index (χ3n) is 4.05. The summed E-state index contributed by atoms with van der Waals surface area (Å²) in [6.07, 6.45) is -3.42. The van der Waals surface area contributed by atoms with Gasteiger partial charge in [-0.25, -0.2) is 17.7 Å². The van der Waals surface area contributed by atoms with Gasteiger partial charge in [0.2, 0.25) is 15.9 Å². The van der Waals surface area contributed by atoms with Gasteiger partial charge in [0.25, 0.3) is 5.91 Å². The molecule has 0 atom stereocenters. The van der Waals surface area contributed by atoms with Crippen LogP contribution >= 0.6 is 0 Å². The summed E-state index contributed by atoms with van der Waals surface area (Å²) < 4.78 is 66.8. The Morgan fingerprint density at radius 1 is 1.21 bits per heavy atom. The number of hydrogen-bond donors (Lipinski definition) is 1. The second-order valence-corrected chi connectivity index (χ2v) is 8.60. The number of sulfonamides is 1. The van der Waals surface area contributed by atoms with E-state index in [9.17, 15) is 26.4 Å². The average molecular weight is 431 g/mol. The van der Waals surface area contributed by atoms with E-state index in [-0.39, 0.29) is 16.3 Å². The number of carbonyl (C=O) groups excluding carboxylic acids is 1. The number of carbonyl (C=O) groups is 1.